The van der Waals surface area contributed by atoms with Gasteiger partial charge in [0.25, 0.3) is 11.5 Å². The molecule has 37 heavy (non-hydrogen) atoms. The number of aromatic nitrogens is 2. The number of thioether (sulfide) groups is 1. The van der Waals surface area contributed by atoms with E-state index >= 15 is 0 Å². The molecule has 190 valence electrons. The van der Waals surface area contributed by atoms with Crippen LogP contribution in [0.4, 0.5) is 4.39 Å². The van der Waals surface area contributed by atoms with E-state index in [2.05, 4.69) is 10.5 Å². The van der Waals surface area contributed by atoms with Crippen LogP contribution in [-0.4, -0.2) is 34.0 Å². The molecule has 4 aromatic rings. The molecule has 0 bridgehead atoms. The number of carbonyl (C=O) groups excluding carboxylic acids is 1. The lowest BCUT2D eigenvalue weighted by Crippen LogP contribution is -2.24. The van der Waals surface area contributed by atoms with Crippen LogP contribution in [0.1, 0.15) is 35.8 Å². The van der Waals surface area contributed by atoms with Crippen molar-refractivity contribution >= 4 is 44.9 Å². The monoisotopic (exact) mass is 536 g/mol. The molecule has 0 fully saturated rings. The molecular weight excluding hydrogens is 511 g/mol. The third-order valence-electron chi connectivity index (χ3n) is 6.23. The normalized spacial score (nSPS) is 13.4. The van der Waals surface area contributed by atoms with Crippen LogP contribution in [0.3, 0.4) is 0 Å². The van der Waals surface area contributed by atoms with Crippen molar-refractivity contribution in [1.82, 2.24) is 15.0 Å². The molecular formula is C27H25FN4O3S2. The van der Waals surface area contributed by atoms with Crippen LogP contribution in [0.5, 0.6) is 5.75 Å². The molecule has 0 radical (unpaired) electrons. The smallest absolute Gasteiger partial charge is 0.267 e. The van der Waals surface area contributed by atoms with Gasteiger partial charge in [0, 0.05) is 4.88 Å². The number of amides is 1. The number of thiophene rings is 1. The molecule has 2 aromatic heterocycles. The predicted molar refractivity (Wildman–Crippen MR) is 146 cm³/mol. The maximum atomic E-state index is 13.8. The SMILES string of the molecule is COc1ccc(-n2c(SCC(=O)NN=C(C)c3ccc(F)cc3)nc3sc4c(c3c2=O)CCCC4)cc1. The number of hydrazone groups is 1. The summed E-state index contributed by atoms with van der Waals surface area (Å²) in [5.74, 6) is 0.0181. The number of aryl methyl sites for hydroxylation is 2. The first-order valence-corrected chi connectivity index (χ1v) is 13.7. The average molecular weight is 537 g/mol. The molecule has 0 atom stereocenters. The Bertz CT molecular complexity index is 1540. The second-order valence-corrected chi connectivity index (χ2v) is 10.7. The van der Waals surface area contributed by atoms with Crippen LogP contribution in [0.15, 0.2) is 63.6 Å². The van der Waals surface area contributed by atoms with E-state index in [1.54, 1.807) is 54.2 Å². The molecule has 0 aliphatic heterocycles. The zero-order chi connectivity index (χ0) is 25.9. The van der Waals surface area contributed by atoms with Crippen molar-refractivity contribution in [2.75, 3.05) is 12.9 Å². The van der Waals surface area contributed by atoms with Gasteiger partial charge in [-0.3, -0.25) is 14.2 Å². The zero-order valence-electron chi connectivity index (χ0n) is 20.4. The number of rotatable bonds is 7. The Morgan fingerprint density at radius 1 is 1.16 bits per heavy atom. The fraction of sp³-hybridized carbons (Fsp3) is 0.259. The van der Waals surface area contributed by atoms with Crippen molar-refractivity contribution in [3.63, 3.8) is 0 Å². The van der Waals surface area contributed by atoms with Gasteiger partial charge in [-0.25, -0.2) is 14.8 Å². The maximum Gasteiger partial charge on any atom is 0.267 e. The Balaban J connectivity index is 1.44. The van der Waals surface area contributed by atoms with Crippen molar-refractivity contribution in [2.24, 2.45) is 5.10 Å². The third-order valence-corrected chi connectivity index (χ3v) is 8.36. The third kappa shape index (κ3) is 5.30. The molecule has 2 heterocycles. The first-order chi connectivity index (χ1) is 17.9. The number of ether oxygens (including phenoxy) is 1. The quantitative estimate of drug-likeness (QED) is 0.154. The minimum absolute atomic E-state index is 0.0133. The van der Waals surface area contributed by atoms with Crippen molar-refractivity contribution in [1.29, 1.82) is 0 Å². The Morgan fingerprint density at radius 2 is 1.89 bits per heavy atom. The molecule has 1 aliphatic carbocycles. The number of hydrogen-bond acceptors (Lipinski definition) is 7. The van der Waals surface area contributed by atoms with Gasteiger partial charge in [0.1, 0.15) is 16.4 Å². The maximum absolute atomic E-state index is 13.8. The largest absolute Gasteiger partial charge is 0.497 e. The summed E-state index contributed by atoms with van der Waals surface area (Å²) in [4.78, 5) is 33.2. The number of fused-ring (bicyclic) bond motifs is 3. The number of hydrogen-bond donors (Lipinski definition) is 1. The molecule has 2 aromatic carbocycles. The van der Waals surface area contributed by atoms with Crippen molar-refractivity contribution < 1.29 is 13.9 Å². The van der Waals surface area contributed by atoms with Gasteiger partial charge in [0.2, 0.25) is 0 Å². The van der Waals surface area contributed by atoms with Gasteiger partial charge in [-0.2, -0.15) is 5.10 Å². The number of benzene rings is 2. The van der Waals surface area contributed by atoms with E-state index in [0.717, 1.165) is 36.1 Å². The summed E-state index contributed by atoms with van der Waals surface area (Å²) in [5.41, 5.74) is 5.45. The summed E-state index contributed by atoms with van der Waals surface area (Å²) in [6.45, 7) is 1.73. The standard InChI is InChI=1S/C27H25FN4O3S2/c1-16(17-7-9-18(28)10-8-17)30-31-23(33)15-36-27-29-25-24(21-5-3-4-6-22(21)37-25)26(34)32(27)19-11-13-20(35-2)14-12-19/h7-14H,3-6,15H2,1-2H3,(H,31,33). The minimum Gasteiger partial charge on any atom is -0.497 e. The molecule has 0 unspecified atom stereocenters. The molecule has 0 saturated carbocycles. The molecule has 0 saturated heterocycles. The second-order valence-electron chi connectivity index (χ2n) is 8.65. The highest BCUT2D eigenvalue weighted by molar-refractivity contribution is 7.99. The summed E-state index contributed by atoms with van der Waals surface area (Å²) >= 11 is 2.76. The van der Waals surface area contributed by atoms with Crippen LogP contribution >= 0.6 is 23.1 Å². The van der Waals surface area contributed by atoms with Crippen LogP contribution in [0, 0.1) is 5.82 Å². The van der Waals surface area contributed by atoms with Crippen molar-refractivity contribution in [3.05, 3.63) is 80.7 Å². The number of halogens is 1. The summed E-state index contributed by atoms with van der Waals surface area (Å²) in [7, 11) is 1.59. The highest BCUT2D eigenvalue weighted by Crippen LogP contribution is 2.35. The summed E-state index contributed by atoms with van der Waals surface area (Å²) in [6.07, 6.45) is 4.03. The van der Waals surface area contributed by atoms with Gasteiger partial charge in [0.05, 0.1) is 29.6 Å². The zero-order valence-corrected chi connectivity index (χ0v) is 22.0. The first kappa shape index (κ1) is 25.2. The molecule has 0 spiro atoms. The van der Waals surface area contributed by atoms with Gasteiger partial charge in [-0.05, 0) is 80.1 Å². The van der Waals surface area contributed by atoms with E-state index in [1.165, 1.54) is 28.8 Å². The number of nitrogens with zero attached hydrogens (tertiary/aromatic N) is 3. The van der Waals surface area contributed by atoms with Crippen LogP contribution in [0.25, 0.3) is 15.9 Å². The molecule has 1 N–H and O–H groups in total. The Kier molecular flexibility index (Phi) is 7.38. The fourth-order valence-corrected chi connectivity index (χ4v) is 6.41. The highest BCUT2D eigenvalue weighted by atomic mass is 32.2. The average Bonchev–Trinajstić information content (AvgIpc) is 3.30. The van der Waals surface area contributed by atoms with Gasteiger partial charge in [-0.1, -0.05) is 23.9 Å². The van der Waals surface area contributed by atoms with Gasteiger partial charge < -0.3 is 4.74 Å². The van der Waals surface area contributed by atoms with E-state index in [-0.39, 0.29) is 23.0 Å². The van der Waals surface area contributed by atoms with Crippen LogP contribution < -0.4 is 15.7 Å². The minimum atomic E-state index is -0.340. The lowest BCUT2D eigenvalue weighted by atomic mass is 9.97. The van der Waals surface area contributed by atoms with E-state index in [4.69, 9.17) is 9.72 Å². The summed E-state index contributed by atoms with van der Waals surface area (Å²) in [5, 5.41) is 5.25. The Morgan fingerprint density at radius 3 is 2.62 bits per heavy atom. The van der Waals surface area contributed by atoms with Gasteiger partial charge >= 0.3 is 0 Å². The molecule has 7 nitrogen and oxygen atoms in total. The Hall–Kier alpha value is -3.50. The van der Waals surface area contributed by atoms with Gasteiger partial charge in [-0.15, -0.1) is 11.3 Å². The van der Waals surface area contributed by atoms with E-state index < -0.39 is 0 Å². The molecule has 1 amide bonds. The summed E-state index contributed by atoms with van der Waals surface area (Å²) in [6, 6.07) is 13.1. The Labute approximate surface area is 221 Å². The lowest BCUT2D eigenvalue weighted by molar-refractivity contribution is -0.118. The molecule has 1 aliphatic rings. The topological polar surface area (TPSA) is 85.6 Å². The predicted octanol–water partition coefficient (Wildman–Crippen LogP) is 5.11. The van der Waals surface area contributed by atoms with Gasteiger partial charge in [0.15, 0.2) is 5.16 Å². The van der Waals surface area contributed by atoms with E-state index in [1.807, 2.05) is 12.1 Å². The van der Waals surface area contributed by atoms with Crippen LogP contribution in [-0.2, 0) is 17.6 Å². The number of methoxy groups -OCH3 is 1. The van der Waals surface area contributed by atoms with Crippen molar-refractivity contribution in [3.8, 4) is 11.4 Å². The lowest BCUT2D eigenvalue weighted by Gasteiger charge is -2.14. The number of carbonyl (C=O) groups is 1. The number of nitrogens with one attached hydrogen (secondary N) is 1. The summed E-state index contributed by atoms with van der Waals surface area (Å²) < 4.78 is 20.0. The first-order valence-electron chi connectivity index (χ1n) is 11.9. The van der Waals surface area contributed by atoms with E-state index in [0.29, 0.717) is 33.3 Å². The van der Waals surface area contributed by atoms with Crippen molar-refractivity contribution in [2.45, 2.75) is 37.8 Å². The van der Waals surface area contributed by atoms with Crippen LogP contribution in [0.2, 0.25) is 0 Å². The molecule has 5 rings (SSSR count). The highest BCUT2D eigenvalue weighted by Gasteiger charge is 2.23. The van der Waals surface area contributed by atoms with E-state index in [9.17, 15) is 14.0 Å². The second kappa shape index (κ2) is 10.9. The molecule has 10 heteroatoms. The fourth-order valence-electron chi connectivity index (χ4n) is 4.31.